The van der Waals surface area contributed by atoms with Gasteiger partial charge in [-0.05, 0) is 53.1 Å². The average molecular weight is 506 g/mol. The van der Waals surface area contributed by atoms with E-state index >= 15 is 0 Å². The summed E-state index contributed by atoms with van der Waals surface area (Å²) in [5.74, 6) is -0.389. The molecule has 0 fully saturated rings. The van der Waals surface area contributed by atoms with Gasteiger partial charge in [0.05, 0.1) is 17.9 Å². The highest BCUT2D eigenvalue weighted by Gasteiger charge is 2.21. The van der Waals surface area contributed by atoms with Gasteiger partial charge in [0.2, 0.25) is 5.91 Å². The number of nitrogens with two attached hydrogens (primary N) is 2. The van der Waals surface area contributed by atoms with Crippen molar-refractivity contribution in [2.24, 2.45) is 11.5 Å². The molecule has 10 heteroatoms. The number of primary amides is 1. The van der Waals surface area contributed by atoms with Gasteiger partial charge < -0.3 is 26.5 Å². The predicted octanol–water partition coefficient (Wildman–Crippen LogP) is 3.95. The van der Waals surface area contributed by atoms with Gasteiger partial charge in [0, 0.05) is 24.1 Å². The minimum atomic E-state index is -2.95. The summed E-state index contributed by atoms with van der Waals surface area (Å²) in [6.45, 7) is -2.59. The molecule has 1 atom stereocenters. The lowest BCUT2D eigenvalue weighted by Gasteiger charge is -2.18. The summed E-state index contributed by atoms with van der Waals surface area (Å²) in [7, 11) is 0. The monoisotopic (exact) mass is 505 g/mol. The van der Waals surface area contributed by atoms with Crippen molar-refractivity contribution in [3.8, 4) is 17.0 Å². The maximum absolute atomic E-state index is 13.1. The number of benzene rings is 3. The number of ether oxygens (including phenoxy) is 1. The van der Waals surface area contributed by atoms with Crippen LogP contribution < -0.4 is 21.5 Å². The van der Waals surface area contributed by atoms with E-state index in [-0.39, 0.29) is 18.1 Å². The van der Waals surface area contributed by atoms with E-state index in [0.29, 0.717) is 34.8 Å². The van der Waals surface area contributed by atoms with E-state index < -0.39 is 18.6 Å². The van der Waals surface area contributed by atoms with Crippen LogP contribution in [-0.2, 0) is 13.0 Å². The zero-order chi connectivity index (χ0) is 26.4. The fraction of sp³-hybridized carbons (Fsp3) is 0.148. The lowest BCUT2D eigenvalue weighted by atomic mass is 10.0. The van der Waals surface area contributed by atoms with Crippen LogP contribution in [-0.4, -0.2) is 28.4 Å². The highest BCUT2D eigenvalue weighted by molar-refractivity contribution is 5.94. The Bertz CT molecular complexity index is 1370. The van der Waals surface area contributed by atoms with Gasteiger partial charge in [-0.1, -0.05) is 36.4 Å². The zero-order valence-corrected chi connectivity index (χ0v) is 19.7. The number of imidazole rings is 1. The molecule has 0 aliphatic rings. The molecule has 8 nitrogen and oxygen atoms in total. The van der Waals surface area contributed by atoms with Gasteiger partial charge in [-0.15, -0.1) is 0 Å². The molecule has 1 aromatic heterocycles. The van der Waals surface area contributed by atoms with E-state index in [9.17, 15) is 18.4 Å². The molecule has 1 unspecified atom stereocenters. The Labute approximate surface area is 211 Å². The van der Waals surface area contributed by atoms with Crippen LogP contribution in [0.2, 0.25) is 0 Å². The molecule has 0 bridgehead atoms. The predicted molar refractivity (Wildman–Crippen MR) is 134 cm³/mol. The van der Waals surface area contributed by atoms with Crippen LogP contribution in [0.5, 0.6) is 5.75 Å². The number of hydrogen-bond acceptors (Lipinski definition) is 5. The van der Waals surface area contributed by atoms with Crippen molar-refractivity contribution in [3.05, 3.63) is 107 Å². The van der Waals surface area contributed by atoms with Crippen molar-refractivity contribution in [3.63, 3.8) is 0 Å². The van der Waals surface area contributed by atoms with Gasteiger partial charge >= 0.3 is 6.61 Å². The fourth-order valence-corrected chi connectivity index (χ4v) is 3.81. The molecule has 37 heavy (non-hydrogen) atoms. The van der Waals surface area contributed by atoms with Crippen LogP contribution >= 0.6 is 0 Å². The first-order valence-corrected chi connectivity index (χ1v) is 11.4. The molecule has 4 rings (SSSR count). The largest absolute Gasteiger partial charge is 0.435 e. The van der Waals surface area contributed by atoms with Crippen LogP contribution in [0.25, 0.3) is 11.3 Å². The molecule has 6 N–H and O–H groups in total. The molecule has 0 radical (unpaired) electrons. The number of nitrogens with one attached hydrogen (secondary N) is 2. The summed E-state index contributed by atoms with van der Waals surface area (Å²) in [5.41, 5.74) is 14.7. The van der Waals surface area contributed by atoms with Gasteiger partial charge in [-0.25, -0.2) is 4.98 Å². The lowest BCUT2D eigenvalue weighted by molar-refractivity contribution is -0.0498. The Kier molecular flexibility index (Phi) is 7.89. The first-order chi connectivity index (χ1) is 17.8. The third kappa shape index (κ3) is 6.56. The summed E-state index contributed by atoms with van der Waals surface area (Å²) < 4.78 is 29.9. The summed E-state index contributed by atoms with van der Waals surface area (Å²) in [5, 5.41) is 2.97. The van der Waals surface area contributed by atoms with Gasteiger partial charge in [0.15, 0.2) is 0 Å². The van der Waals surface area contributed by atoms with Crippen molar-refractivity contribution < 1.29 is 23.1 Å². The minimum Gasteiger partial charge on any atom is -0.435 e. The number of aromatic amines is 1. The van der Waals surface area contributed by atoms with Crippen molar-refractivity contribution in [2.75, 3.05) is 0 Å². The molecule has 1 heterocycles. The standard InChI is InChI=1S/C27H25F2N5O3/c28-27(29)37-21-3-1-2-17(12-21)13-22(34-26(36)20-6-4-16(14-30)5-7-20)25-32-15-23(33-25)18-8-10-19(11-9-18)24(31)35/h1-12,15,22,27H,13-14,30H2,(H2,31,35)(H,32,33)(H,34,36). The van der Waals surface area contributed by atoms with Gasteiger partial charge in [-0.3, -0.25) is 9.59 Å². The van der Waals surface area contributed by atoms with Gasteiger partial charge in [0.25, 0.3) is 5.91 Å². The Morgan fingerprint density at radius 3 is 2.32 bits per heavy atom. The first-order valence-electron chi connectivity index (χ1n) is 11.4. The molecule has 0 aliphatic heterocycles. The molecule has 0 saturated heterocycles. The normalized spacial score (nSPS) is 11.8. The molecule has 2 amide bonds. The topological polar surface area (TPSA) is 136 Å². The molecule has 4 aromatic rings. The summed E-state index contributed by atoms with van der Waals surface area (Å²) in [6.07, 6.45) is 1.86. The van der Waals surface area contributed by atoms with Crippen molar-refractivity contribution in [1.29, 1.82) is 0 Å². The van der Waals surface area contributed by atoms with Crippen LogP contribution in [0.4, 0.5) is 8.78 Å². The highest BCUT2D eigenvalue weighted by Crippen LogP contribution is 2.24. The maximum Gasteiger partial charge on any atom is 0.387 e. The number of halogens is 2. The molecule has 190 valence electrons. The number of hydrogen-bond donors (Lipinski definition) is 4. The molecule has 0 spiro atoms. The number of H-pyrrole nitrogens is 1. The SMILES string of the molecule is NCc1ccc(C(=O)NC(Cc2cccc(OC(F)F)c2)c2ncc(-c3ccc(C(N)=O)cc3)[nH]2)cc1. The summed E-state index contributed by atoms with van der Waals surface area (Å²) in [6, 6.07) is 19.2. The van der Waals surface area contributed by atoms with Crippen LogP contribution in [0.3, 0.4) is 0 Å². The Morgan fingerprint density at radius 2 is 1.68 bits per heavy atom. The number of amides is 2. The van der Waals surface area contributed by atoms with E-state index in [1.54, 1.807) is 66.9 Å². The fourth-order valence-electron chi connectivity index (χ4n) is 3.81. The smallest absolute Gasteiger partial charge is 0.387 e. The number of nitrogens with zero attached hydrogens (tertiary/aromatic N) is 1. The summed E-state index contributed by atoms with van der Waals surface area (Å²) in [4.78, 5) is 32.1. The summed E-state index contributed by atoms with van der Waals surface area (Å²) >= 11 is 0. The number of aromatic nitrogens is 2. The quantitative estimate of drug-likeness (QED) is 0.259. The maximum atomic E-state index is 13.1. The van der Waals surface area contributed by atoms with E-state index in [4.69, 9.17) is 11.5 Å². The van der Waals surface area contributed by atoms with Crippen molar-refractivity contribution in [2.45, 2.75) is 25.6 Å². The third-order valence-corrected chi connectivity index (χ3v) is 5.73. The van der Waals surface area contributed by atoms with Crippen molar-refractivity contribution in [1.82, 2.24) is 15.3 Å². The van der Waals surface area contributed by atoms with E-state index in [2.05, 4.69) is 20.0 Å². The van der Waals surface area contributed by atoms with Crippen LogP contribution in [0, 0.1) is 0 Å². The van der Waals surface area contributed by atoms with E-state index in [1.807, 2.05) is 0 Å². The number of carbonyl (C=O) groups excluding carboxylic acids is 2. The van der Waals surface area contributed by atoms with Gasteiger partial charge in [0.1, 0.15) is 11.6 Å². The van der Waals surface area contributed by atoms with Crippen molar-refractivity contribution >= 4 is 11.8 Å². The Morgan fingerprint density at radius 1 is 0.973 bits per heavy atom. The lowest BCUT2D eigenvalue weighted by Crippen LogP contribution is -2.30. The average Bonchev–Trinajstić information content (AvgIpc) is 3.38. The minimum absolute atomic E-state index is 0.0182. The number of rotatable bonds is 10. The molecule has 0 saturated carbocycles. The highest BCUT2D eigenvalue weighted by atomic mass is 19.3. The number of alkyl halides is 2. The third-order valence-electron chi connectivity index (χ3n) is 5.73. The van der Waals surface area contributed by atoms with E-state index in [1.165, 1.54) is 12.1 Å². The second-order valence-electron chi connectivity index (χ2n) is 8.28. The van der Waals surface area contributed by atoms with Gasteiger partial charge in [-0.2, -0.15) is 8.78 Å². The zero-order valence-electron chi connectivity index (χ0n) is 19.7. The Balaban J connectivity index is 1.61. The molecule has 3 aromatic carbocycles. The molecular weight excluding hydrogens is 480 g/mol. The van der Waals surface area contributed by atoms with Crippen LogP contribution in [0.1, 0.15) is 43.7 Å². The second-order valence-corrected chi connectivity index (χ2v) is 8.28. The molecular formula is C27H25F2N5O3. The second kappa shape index (κ2) is 11.4. The number of carbonyl (C=O) groups is 2. The first kappa shape index (κ1) is 25.5. The van der Waals surface area contributed by atoms with Crippen LogP contribution in [0.15, 0.2) is 79.0 Å². The molecule has 0 aliphatic carbocycles. The Hall–Kier alpha value is -4.57. The van der Waals surface area contributed by atoms with E-state index in [0.717, 1.165) is 11.1 Å².